The van der Waals surface area contributed by atoms with E-state index in [0.29, 0.717) is 11.4 Å². The summed E-state index contributed by atoms with van der Waals surface area (Å²) in [4.78, 5) is 21.1. The number of pyridine rings is 1. The van der Waals surface area contributed by atoms with Gasteiger partial charge in [0.2, 0.25) is 5.91 Å². The Morgan fingerprint density at radius 3 is 2.67 bits per heavy atom. The van der Waals surface area contributed by atoms with Gasteiger partial charge in [0.15, 0.2) is 0 Å². The average Bonchev–Trinajstić information content (AvgIpc) is 3.13. The van der Waals surface area contributed by atoms with Crippen LogP contribution in [-0.2, 0) is 11.2 Å². The summed E-state index contributed by atoms with van der Waals surface area (Å²) in [6.45, 7) is 0. The van der Waals surface area contributed by atoms with Crippen LogP contribution in [0.15, 0.2) is 73.2 Å². The van der Waals surface area contributed by atoms with Crippen LogP contribution in [-0.4, -0.2) is 27.6 Å². The Bertz CT molecular complexity index is 1090. The number of rotatable bonds is 5. The van der Waals surface area contributed by atoms with Gasteiger partial charge in [-0.2, -0.15) is 0 Å². The molecule has 0 atom stereocenters. The molecule has 4 aromatic rings. The second-order valence-corrected chi connectivity index (χ2v) is 6.05. The second-order valence-electron chi connectivity index (χ2n) is 6.05. The zero-order chi connectivity index (χ0) is 18.6. The van der Waals surface area contributed by atoms with Gasteiger partial charge in [-0.25, -0.2) is 9.97 Å². The third kappa shape index (κ3) is 3.50. The Morgan fingerprint density at radius 1 is 1.04 bits per heavy atom. The van der Waals surface area contributed by atoms with Crippen molar-refractivity contribution in [3.8, 4) is 11.6 Å². The summed E-state index contributed by atoms with van der Waals surface area (Å²) in [6, 6.07) is 19.0. The molecule has 2 heterocycles. The molecule has 0 aliphatic rings. The Balaban J connectivity index is 1.48. The molecule has 0 bridgehead atoms. The third-order valence-electron chi connectivity index (χ3n) is 4.28. The quantitative estimate of drug-likeness (QED) is 0.592. The lowest BCUT2D eigenvalue weighted by atomic mass is 10.1. The zero-order valence-corrected chi connectivity index (χ0v) is 14.8. The molecular formula is C21H18N4O2. The predicted molar refractivity (Wildman–Crippen MR) is 104 cm³/mol. The summed E-state index contributed by atoms with van der Waals surface area (Å²) in [5.41, 5.74) is 3.38. The molecule has 0 spiro atoms. The van der Waals surface area contributed by atoms with Crippen molar-refractivity contribution in [2.45, 2.75) is 6.42 Å². The molecule has 0 unspecified atom stereocenters. The number of methoxy groups -OCH3 is 1. The molecule has 6 nitrogen and oxygen atoms in total. The first-order valence-corrected chi connectivity index (χ1v) is 8.55. The number of amides is 1. The van der Waals surface area contributed by atoms with Gasteiger partial charge in [0, 0.05) is 5.56 Å². The number of imidazole rings is 1. The standard InChI is InChI=1S/C21H18N4O2/c1-27-19-9-5-2-6-15(19)12-21(26)24-16-10-11-20(22-13-16)25-14-23-17-7-3-4-8-18(17)25/h2-11,13-14H,12H2,1H3,(H,24,26). The Kier molecular flexibility index (Phi) is 4.53. The summed E-state index contributed by atoms with van der Waals surface area (Å²) in [6.07, 6.45) is 3.62. The van der Waals surface area contributed by atoms with E-state index in [-0.39, 0.29) is 12.3 Å². The van der Waals surface area contributed by atoms with Crippen LogP contribution in [0.25, 0.3) is 16.9 Å². The van der Waals surface area contributed by atoms with Gasteiger partial charge in [0.25, 0.3) is 0 Å². The van der Waals surface area contributed by atoms with Crippen LogP contribution in [0.2, 0.25) is 0 Å². The van der Waals surface area contributed by atoms with Crippen molar-refractivity contribution in [3.05, 3.63) is 78.8 Å². The van der Waals surface area contributed by atoms with Crippen molar-refractivity contribution in [1.29, 1.82) is 0 Å². The van der Waals surface area contributed by atoms with Crippen LogP contribution in [0.5, 0.6) is 5.75 Å². The van der Waals surface area contributed by atoms with Crippen LogP contribution >= 0.6 is 0 Å². The van der Waals surface area contributed by atoms with E-state index in [0.717, 1.165) is 22.4 Å². The lowest BCUT2D eigenvalue weighted by molar-refractivity contribution is -0.115. The maximum absolute atomic E-state index is 12.3. The molecule has 1 amide bonds. The van der Waals surface area contributed by atoms with E-state index in [1.807, 2.05) is 65.2 Å². The molecule has 0 fully saturated rings. The fraction of sp³-hybridized carbons (Fsp3) is 0.0952. The minimum atomic E-state index is -0.123. The molecule has 4 rings (SSSR count). The number of benzene rings is 2. The molecule has 0 aliphatic heterocycles. The molecule has 2 aromatic heterocycles. The molecule has 0 saturated carbocycles. The maximum Gasteiger partial charge on any atom is 0.228 e. The number of fused-ring (bicyclic) bond motifs is 1. The van der Waals surface area contributed by atoms with Crippen LogP contribution in [0.4, 0.5) is 5.69 Å². The summed E-state index contributed by atoms with van der Waals surface area (Å²) in [5.74, 6) is 1.32. The fourth-order valence-electron chi connectivity index (χ4n) is 2.97. The lowest BCUT2D eigenvalue weighted by Gasteiger charge is -2.09. The van der Waals surface area contributed by atoms with Gasteiger partial charge >= 0.3 is 0 Å². The summed E-state index contributed by atoms with van der Waals surface area (Å²) < 4.78 is 7.20. The molecule has 0 radical (unpaired) electrons. The number of carbonyl (C=O) groups is 1. The highest BCUT2D eigenvalue weighted by atomic mass is 16.5. The topological polar surface area (TPSA) is 69.0 Å². The van der Waals surface area contributed by atoms with Crippen molar-refractivity contribution in [2.24, 2.45) is 0 Å². The average molecular weight is 358 g/mol. The molecule has 1 N–H and O–H groups in total. The lowest BCUT2D eigenvalue weighted by Crippen LogP contribution is -2.15. The van der Waals surface area contributed by atoms with Crippen molar-refractivity contribution in [1.82, 2.24) is 14.5 Å². The monoisotopic (exact) mass is 358 g/mol. The van der Waals surface area contributed by atoms with Crippen LogP contribution in [0.1, 0.15) is 5.56 Å². The summed E-state index contributed by atoms with van der Waals surface area (Å²) >= 11 is 0. The first kappa shape index (κ1) is 16.8. The molecular weight excluding hydrogens is 340 g/mol. The number of aromatic nitrogens is 3. The van der Waals surface area contributed by atoms with E-state index in [9.17, 15) is 4.79 Å². The van der Waals surface area contributed by atoms with Gasteiger partial charge < -0.3 is 10.1 Å². The molecule has 6 heteroatoms. The number of para-hydroxylation sites is 3. The van der Waals surface area contributed by atoms with E-state index in [2.05, 4.69) is 15.3 Å². The zero-order valence-electron chi connectivity index (χ0n) is 14.8. The number of hydrogen-bond acceptors (Lipinski definition) is 4. The van der Waals surface area contributed by atoms with Crippen molar-refractivity contribution < 1.29 is 9.53 Å². The van der Waals surface area contributed by atoms with Crippen LogP contribution < -0.4 is 10.1 Å². The minimum Gasteiger partial charge on any atom is -0.496 e. The van der Waals surface area contributed by atoms with Crippen LogP contribution in [0, 0.1) is 0 Å². The molecule has 0 aliphatic carbocycles. The molecule has 27 heavy (non-hydrogen) atoms. The highest BCUT2D eigenvalue weighted by molar-refractivity contribution is 5.92. The smallest absolute Gasteiger partial charge is 0.228 e. The predicted octanol–water partition coefficient (Wildman–Crippen LogP) is 3.61. The number of anilines is 1. The number of nitrogens with one attached hydrogen (secondary N) is 1. The van der Waals surface area contributed by atoms with E-state index in [1.54, 1.807) is 19.6 Å². The SMILES string of the molecule is COc1ccccc1CC(=O)Nc1ccc(-n2cnc3ccccc32)nc1. The van der Waals surface area contributed by atoms with Gasteiger partial charge in [0.1, 0.15) is 17.9 Å². The fourth-order valence-corrected chi connectivity index (χ4v) is 2.97. The second kappa shape index (κ2) is 7.29. The van der Waals surface area contributed by atoms with Crippen molar-refractivity contribution in [2.75, 3.05) is 12.4 Å². The van der Waals surface area contributed by atoms with Gasteiger partial charge in [-0.15, -0.1) is 0 Å². The number of hydrogen-bond donors (Lipinski definition) is 1. The Morgan fingerprint density at radius 2 is 1.85 bits per heavy atom. The molecule has 0 saturated heterocycles. The van der Waals surface area contributed by atoms with Gasteiger partial charge in [-0.05, 0) is 30.3 Å². The van der Waals surface area contributed by atoms with Crippen molar-refractivity contribution >= 4 is 22.6 Å². The number of carbonyl (C=O) groups excluding carboxylic acids is 1. The van der Waals surface area contributed by atoms with Gasteiger partial charge in [-0.3, -0.25) is 9.36 Å². The Hall–Kier alpha value is -3.67. The highest BCUT2D eigenvalue weighted by Gasteiger charge is 2.09. The van der Waals surface area contributed by atoms with E-state index < -0.39 is 0 Å². The van der Waals surface area contributed by atoms with E-state index in [1.165, 1.54) is 0 Å². The molecule has 134 valence electrons. The van der Waals surface area contributed by atoms with Gasteiger partial charge in [-0.1, -0.05) is 30.3 Å². The first-order valence-electron chi connectivity index (χ1n) is 8.55. The van der Waals surface area contributed by atoms with E-state index >= 15 is 0 Å². The maximum atomic E-state index is 12.3. The van der Waals surface area contributed by atoms with Gasteiger partial charge in [0.05, 0.1) is 36.4 Å². The highest BCUT2D eigenvalue weighted by Crippen LogP contribution is 2.20. The third-order valence-corrected chi connectivity index (χ3v) is 4.28. The summed E-state index contributed by atoms with van der Waals surface area (Å²) in [7, 11) is 1.60. The minimum absolute atomic E-state index is 0.123. The largest absolute Gasteiger partial charge is 0.496 e. The summed E-state index contributed by atoms with van der Waals surface area (Å²) in [5, 5.41) is 2.87. The number of nitrogens with zero attached hydrogens (tertiary/aromatic N) is 3. The number of ether oxygens (including phenoxy) is 1. The molecule has 2 aromatic carbocycles. The van der Waals surface area contributed by atoms with E-state index in [4.69, 9.17) is 4.74 Å². The normalized spacial score (nSPS) is 10.7. The first-order chi connectivity index (χ1) is 13.2. The van der Waals surface area contributed by atoms with Crippen LogP contribution in [0.3, 0.4) is 0 Å². The Labute approximate surface area is 156 Å². The van der Waals surface area contributed by atoms with Crippen molar-refractivity contribution in [3.63, 3.8) is 0 Å².